The molecule has 2 amide bonds. The number of ether oxygens (including phenoxy) is 1. The van der Waals surface area contributed by atoms with Crippen LogP contribution in [0, 0.1) is 0 Å². The summed E-state index contributed by atoms with van der Waals surface area (Å²) in [6.07, 6.45) is 3.32. The van der Waals surface area contributed by atoms with Crippen LogP contribution in [0.25, 0.3) is 0 Å². The molecule has 0 fully saturated rings. The Labute approximate surface area is 166 Å². The first-order chi connectivity index (χ1) is 13.6. The second kappa shape index (κ2) is 8.96. The molecule has 3 rings (SSSR count). The molecule has 0 aliphatic carbocycles. The third kappa shape index (κ3) is 4.83. The van der Waals surface area contributed by atoms with Crippen LogP contribution in [0.3, 0.4) is 0 Å². The summed E-state index contributed by atoms with van der Waals surface area (Å²) in [5.41, 5.74) is 1.50. The lowest BCUT2D eigenvalue weighted by Gasteiger charge is -2.11. The van der Waals surface area contributed by atoms with Crippen LogP contribution >= 0.6 is 11.6 Å². The summed E-state index contributed by atoms with van der Waals surface area (Å²) in [6, 6.07) is 13.2. The summed E-state index contributed by atoms with van der Waals surface area (Å²) in [4.78, 5) is 33.0. The van der Waals surface area contributed by atoms with Gasteiger partial charge in [-0.15, -0.1) is 0 Å². The van der Waals surface area contributed by atoms with Crippen molar-refractivity contribution in [1.82, 2.24) is 15.3 Å². The predicted octanol–water partition coefficient (Wildman–Crippen LogP) is 3.32. The Hall–Kier alpha value is -3.45. The van der Waals surface area contributed by atoms with Crippen molar-refractivity contribution in [3.05, 3.63) is 82.9 Å². The van der Waals surface area contributed by atoms with Crippen LogP contribution in [0.1, 0.15) is 26.5 Å². The number of aromatic nitrogens is 2. The van der Waals surface area contributed by atoms with E-state index in [4.69, 9.17) is 16.3 Å². The molecule has 0 aliphatic heterocycles. The second-order valence-corrected chi connectivity index (χ2v) is 6.19. The standard InChI is InChI=1S/C20H17ClN4O3/c1-28-18-8-7-14(21)10-17(18)25-20(27)16-6-2-5-15(24-16)19(26)23-12-13-4-3-9-22-11-13/h2-11H,12H2,1H3,(H,23,26)(H,25,27). The minimum Gasteiger partial charge on any atom is -0.495 e. The fraction of sp³-hybridized carbons (Fsp3) is 0.100. The van der Waals surface area contributed by atoms with Crippen molar-refractivity contribution in [3.63, 3.8) is 0 Å². The molecule has 0 radical (unpaired) electrons. The molecule has 28 heavy (non-hydrogen) atoms. The van der Waals surface area contributed by atoms with E-state index < -0.39 is 5.91 Å². The van der Waals surface area contributed by atoms with Crippen LogP contribution in [0.4, 0.5) is 5.69 Å². The number of methoxy groups -OCH3 is 1. The van der Waals surface area contributed by atoms with E-state index in [-0.39, 0.29) is 17.3 Å². The molecule has 0 saturated heterocycles. The molecule has 0 saturated carbocycles. The molecule has 0 aliphatic rings. The third-order valence-electron chi connectivity index (χ3n) is 3.80. The Morgan fingerprint density at radius 1 is 1.07 bits per heavy atom. The molecule has 2 aromatic heterocycles. The zero-order chi connectivity index (χ0) is 19.9. The molecular formula is C20H17ClN4O3. The summed E-state index contributed by atoms with van der Waals surface area (Å²) >= 11 is 5.98. The lowest BCUT2D eigenvalue weighted by atomic mass is 10.2. The van der Waals surface area contributed by atoms with Crippen molar-refractivity contribution in [3.8, 4) is 5.75 Å². The van der Waals surface area contributed by atoms with Gasteiger partial charge in [-0.05, 0) is 42.0 Å². The number of benzene rings is 1. The fourth-order valence-corrected chi connectivity index (χ4v) is 2.60. The maximum absolute atomic E-state index is 12.5. The van der Waals surface area contributed by atoms with E-state index in [9.17, 15) is 9.59 Å². The molecule has 0 unspecified atom stereocenters. The van der Waals surface area contributed by atoms with Gasteiger partial charge in [-0.1, -0.05) is 23.7 Å². The molecule has 8 heteroatoms. The number of nitrogens with zero attached hydrogens (tertiary/aromatic N) is 2. The van der Waals surface area contributed by atoms with Crippen molar-refractivity contribution < 1.29 is 14.3 Å². The smallest absolute Gasteiger partial charge is 0.274 e. The van der Waals surface area contributed by atoms with Gasteiger partial charge in [0.2, 0.25) is 0 Å². The minimum absolute atomic E-state index is 0.0936. The quantitative estimate of drug-likeness (QED) is 0.666. The summed E-state index contributed by atoms with van der Waals surface area (Å²) in [5, 5.41) is 5.89. The van der Waals surface area contributed by atoms with Crippen molar-refractivity contribution in [2.24, 2.45) is 0 Å². The van der Waals surface area contributed by atoms with Gasteiger partial charge in [0, 0.05) is 24.0 Å². The van der Waals surface area contributed by atoms with Crippen LogP contribution in [0.15, 0.2) is 60.9 Å². The molecule has 0 atom stereocenters. The number of halogens is 1. The Bertz CT molecular complexity index is 996. The maximum Gasteiger partial charge on any atom is 0.274 e. The first-order valence-electron chi connectivity index (χ1n) is 8.36. The average molecular weight is 397 g/mol. The van der Waals surface area contributed by atoms with Crippen LogP contribution < -0.4 is 15.4 Å². The summed E-state index contributed by atoms with van der Waals surface area (Å²) in [5.74, 6) is -0.413. The molecule has 2 N–H and O–H groups in total. The van der Waals surface area contributed by atoms with Gasteiger partial charge in [0.15, 0.2) is 0 Å². The molecule has 142 valence electrons. The van der Waals surface area contributed by atoms with Crippen molar-refractivity contribution >= 4 is 29.1 Å². The Morgan fingerprint density at radius 3 is 2.57 bits per heavy atom. The highest BCUT2D eigenvalue weighted by molar-refractivity contribution is 6.31. The summed E-state index contributed by atoms with van der Waals surface area (Å²) < 4.78 is 5.21. The molecule has 7 nitrogen and oxygen atoms in total. The lowest BCUT2D eigenvalue weighted by Crippen LogP contribution is -2.25. The van der Waals surface area contributed by atoms with E-state index in [1.165, 1.54) is 19.2 Å². The molecule has 1 aromatic carbocycles. The van der Waals surface area contributed by atoms with Gasteiger partial charge in [0.1, 0.15) is 17.1 Å². The van der Waals surface area contributed by atoms with Gasteiger partial charge < -0.3 is 15.4 Å². The normalized spacial score (nSPS) is 10.2. The van der Waals surface area contributed by atoms with Crippen molar-refractivity contribution in [1.29, 1.82) is 0 Å². The average Bonchev–Trinajstić information content (AvgIpc) is 2.73. The predicted molar refractivity (Wildman–Crippen MR) is 106 cm³/mol. The zero-order valence-electron chi connectivity index (χ0n) is 15.0. The summed E-state index contributed by atoms with van der Waals surface area (Å²) in [6.45, 7) is 0.310. The van der Waals surface area contributed by atoms with Gasteiger partial charge >= 0.3 is 0 Å². The fourth-order valence-electron chi connectivity index (χ4n) is 2.43. The number of pyridine rings is 2. The van der Waals surface area contributed by atoms with E-state index in [2.05, 4.69) is 20.6 Å². The SMILES string of the molecule is COc1ccc(Cl)cc1NC(=O)c1cccc(C(=O)NCc2cccnc2)n1. The first kappa shape index (κ1) is 19.3. The van der Waals surface area contributed by atoms with Crippen LogP contribution in [-0.4, -0.2) is 28.9 Å². The number of nitrogens with one attached hydrogen (secondary N) is 2. The van der Waals surface area contributed by atoms with Gasteiger partial charge in [0.25, 0.3) is 11.8 Å². The van der Waals surface area contributed by atoms with E-state index in [0.717, 1.165) is 5.56 Å². The summed E-state index contributed by atoms with van der Waals surface area (Å²) in [7, 11) is 1.49. The van der Waals surface area contributed by atoms with Gasteiger partial charge in [-0.2, -0.15) is 0 Å². The third-order valence-corrected chi connectivity index (χ3v) is 4.04. The Morgan fingerprint density at radius 2 is 1.86 bits per heavy atom. The van der Waals surface area contributed by atoms with Crippen LogP contribution in [0.5, 0.6) is 5.75 Å². The van der Waals surface area contributed by atoms with E-state index >= 15 is 0 Å². The molecule has 2 heterocycles. The highest BCUT2D eigenvalue weighted by atomic mass is 35.5. The van der Waals surface area contributed by atoms with Crippen LogP contribution in [0.2, 0.25) is 5.02 Å². The van der Waals surface area contributed by atoms with Crippen molar-refractivity contribution in [2.45, 2.75) is 6.54 Å². The minimum atomic E-state index is -0.484. The van der Waals surface area contributed by atoms with Gasteiger partial charge in [-0.25, -0.2) is 4.98 Å². The second-order valence-electron chi connectivity index (χ2n) is 5.75. The largest absolute Gasteiger partial charge is 0.495 e. The number of hydrogen-bond acceptors (Lipinski definition) is 5. The highest BCUT2D eigenvalue weighted by Gasteiger charge is 2.14. The molecular weight excluding hydrogens is 380 g/mol. The molecule has 0 spiro atoms. The maximum atomic E-state index is 12.5. The number of hydrogen-bond donors (Lipinski definition) is 2. The van der Waals surface area contributed by atoms with Crippen molar-refractivity contribution in [2.75, 3.05) is 12.4 Å². The van der Waals surface area contributed by atoms with Gasteiger partial charge in [-0.3, -0.25) is 14.6 Å². The Balaban J connectivity index is 1.71. The number of amides is 2. The van der Waals surface area contributed by atoms with Gasteiger partial charge in [0.05, 0.1) is 12.8 Å². The number of carbonyl (C=O) groups excluding carboxylic acids is 2. The zero-order valence-corrected chi connectivity index (χ0v) is 15.7. The highest BCUT2D eigenvalue weighted by Crippen LogP contribution is 2.28. The monoisotopic (exact) mass is 396 g/mol. The molecule has 0 bridgehead atoms. The number of anilines is 1. The topological polar surface area (TPSA) is 93.2 Å². The Kier molecular flexibility index (Phi) is 6.18. The van der Waals surface area contributed by atoms with E-state index in [0.29, 0.717) is 23.0 Å². The number of rotatable bonds is 6. The number of carbonyl (C=O) groups is 2. The van der Waals surface area contributed by atoms with E-state index in [1.54, 1.807) is 42.7 Å². The first-order valence-corrected chi connectivity index (χ1v) is 8.73. The van der Waals surface area contributed by atoms with Crippen LogP contribution in [-0.2, 0) is 6.54 Å². The lowest BCUT2D eigenvalue weighted by molar-refractivity contribution is 0.0945. The van der Waals surface area contributed by atoms with E-state index in [1.807, 2.05) is 6.07 Å². The molecule has 3 aromatic rings.